The molecule has 66 valence electrons. The second kappa shape index (κ2) is 4.54. The molecule has 0 spiro atoms. The summed E-state index contributed by atoms with van der Waals surface area (Å²) >= 11 is 3.26. The number of nitrogens with zero attached hydrogens (tertiary/aromatic N) is 1. The van der Waals surface area contributed by atoms with Crippen LogP contribution in [0.15, 0.2) is 22.9 Å². The molecule has 0 fully saturated rings. The van der Waals surface area contributed by atoms with Crippen LogP contribution in [0.1, 0.15) is 11.5 Å². The van der Waals surface area contributed by atoms with Crippen molar-refractivity contribution >= 4 is 15.9 Å². The summed E-state index contributed by atoms with van der Waals surface area (Å²) in [6.07, 6.45) is 3.30. The van der Waals surface area contributed by atoms with Gasteiger partial charge >= 0.3 is 0 Å². The first-order valence-electron chi connectivity index (χ1n) is 3.60. The number of aliphatic hydroxyl groups excluding tert-OH is 2. The molecule has 2 N–H and O–H groups in total. The summed E-state index contributed by atoms with van der Waals surface area (Å²) in [5, 5.41) is 17.7. The van der Waals surface area contributed by atoms with E-state index in [1.165, 1.54) is 0 Å². The van der Waals surface area contributed by atoms with Gasteiger partial charge in [0.15, 0.2) is 0 Å². The molecular weight excluding hydrogens is 222 g/mol. The summed E-state index contributed by atoms with van der Waals surface area (Å²) in [6.45, 7) is -0.122. The van der Waals surface area contributed by atoms with Crippen molar-refractivity contribution in [3.63, 3.8) is 0 Å². The molecule has 1 heterocycles. The van der Waals surface area contributed by atoms with Gasteiger partial charge in [0.05, 0.1) is 13.2 Å². The molecule has 1 aromatic heterocycles. The Morgan fingerprint density at radius 1 is 1.33 bits per heavy atom. The molecule has 0 bridgehead atoms. The molecule has 12 heavy (non-hydrogen) atoms. The van der Waals surface area contributed by atoms with Crippen LogP contribution < -0.4 is 0 Å². The lowest BCUT2D eigenvalue weighted by atomic mass is 10.0. The summed E-state index contributed by atoms with van der Waals surface area (Å²) in [5.74, 6) is -0.227. The number of rotatable bonds is 3. The molecule has 0 saturated heterocycles. The van der Waals surface area contributed by atoms with E-state index in [0.717, 1.165) is 10.0 Å². The number of hydrogen-bond acceptors (Lipinski definition) is 3. The maximum Gasteiger partial charge on any atom is 0.0522 e. The van der Waals surface area contributed by atoms with Crippen molar-refractivity contribution < 1.29 is 10.2 Å². The van der Waals surface area contributed by atoms with Crippen LogP contribution in [0.3, 0.4) is 0 Å². The van der Waals surface area contributed by atoms with Gasteiger partial charge in [0, 0.05) is 22.8 Å². The van der Waals surface area contributed by atoms with Crippen LogP contribution >= 0.6 is 15.9 Å². The van der Waals surface area contributed by atoms with Crippen molar-refractivity contribution in [1.29, 1.82) is 0 Å². The van der Waals surface area contributed by atoms with Gasteiger partial charge in [0.25, 0.3) is 0 Å². The number of aliphatic hydroxyl groups is 2. The number of halogens is 1. The molecule has 3 nitrogen and oxygen atoms in total. The van der Waals surface area contributed by atoms with Crippen LogP contribution in [0, 0.1) is 0 Å². The molecule has 4 heteroatoms. The highest BCUT2D eigenvalue weighted by molar-refractivity contribution is 9.10. The molecule has 0 atom stereocenters. The highest BCUT2D eigenvalue weighted by atomic mass is 79.9. The Kier molecular flexibility index (Phi) is 3.65. The second-order valence-corrected chi connectivity index (χ2v) is 3.41. The maximum absolute atomic E-state index is 8.87. The van der Waals surface area contributed by atoms with E-state index in [1.807, 2.05) is 6.07 Å². The summed E-state index contributed by atoms with van der Waals surface area (Å²) in [7, 11) is 0. The van der Waals surface area contributed by atoms with Gasteiger partial charge in [0.2, 0.25) is 0 Å². The topological polar surface area (TPSA) is 53.4 Å². The summed E-state index contributed by atoms with van der Waals surface area (Å²) < 4.78 is 0.854. The average molecular weight is 232 g/mol. The zero-order chi connectivity index (χ0) is 8.97. The predicted molar refractivity (Wildman–Crippen MR) is 48.8 cm³/mol. The number of hydrogen-bond donors (Lipinski definition) is 2. The van der Waals surface area contributed by atoms with Crippen molar-refractivity contribution in [3.8, 4) is 0 Å². The van der Waals surface area contributed by atoms with Gasteiger partial charge in [-0.1, -0.05) is 0 Å². The summed E-state index contributed by atoms with van der Waals surface area (Å²) in [6, 6.07) is 1.84. The molecule has 1 aromatic rings. The molecule has 0 aliphatic heterocycles. The fourth-order valence-electron chi connectivity index (χ4n) is 0.920. The minimum atomic E-state index is -0.227. The van der Waals surface area contributed by atoms with Crippen molar-refractivity contribution in [2.45, 2.75) is 5.92 Å². The number of pyridine rings is 1. The van der Waals surface area contributed by atoms with Crippen molar-refractivity contribution in [3.05, 3.63) is 28.5 Å². The van der Waals surface area contributed by atoms with Crippen molar-refractivity contribution in [1.82, 2.24) is 4.98 Å². The Morgan fingerprint density at radius 2 is 2.00 bits per heavy atom. The van der Waals surface area contributed by atoms with Crippen LogP contribution in [0.4, 0.5) is 0 Å². The van der Waals surface area contributed by atoms with Gasteiger partial charge in [-0.15, -0.1) is 0 Å². The Labute approximate surface area is 79.2 Å². The first kappa shape index (κ1) is 9.64. The predicted octanol–water partition coefficient (Wildman–Crippen LogP) is 0.912. The summed E-state index contributed by atoms with van der Waals surface area (Å²) in [4.78, 5) is 3.93. The molecule has 0 unspecified atom stereocenters. The lowest BCUT2D eigenvalue weighted by Crippen LogP contribution is -2.08. The maximum atomic E-state index is 8.87. The highest BCUT2D eigenvalue weighted by Gasteiger charge is 2.08. The van der Waals surface area contributed by atoms with Crippen LogP contribution in [0.2, 0.25) is 0 Å². The van der Waals surface area contributed by atoms with Gasteiger partial charge in [-0.25, -0.2) is 0 Å². The zero-order valence-corrected chi connectivity index (χ0v) is 8.03. The third-order valence-corrected chi connectivity index (χ3v) is 2.07. The SMILES string of the molecule is OCC(CO)c1cncc(Br)c1. The zero-order valence-electron chi connectivity index (χ0n) is 6.44. The molecule has 0 radical (unpaired) electrons. The molecule has 0 aliphatic rings. The minimum absolute atomic E-state index is 0.0609. The Bertz CT molecular complexity index is 251. The van der Waals surface area contributed by atoms with Crippen molar-refractivity contribution in [2.75, 3.05) is 13.2 Å². The van der Waals surface area contributed by atoms with Gasteiger partial charge in [-0.05, 0) is 27.6 Å². The molecule has 0 amide bonds. The van der Waals surface area contributed by atoms with E-state index in [-0.39, 0.29) is 19.1 Å². The molecule has 0 saturated carbocycles. The monoisotopic (exact) mass is 231 g/mol. The van der Waals surface area contributed by atoms with E-state index in [1.54, 1.807) is 12.4 Å². The quantitative estimate of drug-likeness (QED) is 0.814. The average Bonchev–Trinajstić information content (AvgIpc) is 2.07. The van der Waals surface area contributed by atoms with E-state index in [0.29, 0.717) is 0 Å². The van der Waals surface area contributed by atoms with Crippen LogP contribution in [-0.4, -0.2) is 28.4 Å². The standard InChI is InChI=1S/C8H10BrNO2/c9-8-1-6(2-10-3-8)7(4-11)5-12/h1-3,7,11-12H,4-5H2. The summed E-state index contributed by atoms with van der Waals surface area (Å²) in [5.41, 5.74) is 0.842. The Balaban J connectivity index is 2.85. The fraction of sp³-hybridized carbons (Fsp3) is 0.375. The molecule has 0 aromatic carbocycles. The fourth-order valence-corrected chi connectivity index (χ4v) is 1.30. The van der Waals surface area contributed by atoms with Crippen LogP contribution in [0.5, 0.6) is 0 Å². The largest absolute Gasteiger partial charge is 0.396 e. The Hall–Kier alpha value is -0.450. The van der Waals surface area contributed by atoms with Crippen LogP contribution in [0.25, 0.3) is 0 Å². The first-order chi connectivity index (χ1) is 5.77. The van der Waals surface area contributed by atoms with Gasteiger partial charge in [-0.3, -0.25) is 4.98 Å². The normalized spacial score (nSPS) is 10.7. The highest BCUT2D eigenvalue weighted by Crippen LogP contribution is 2.17. The second-order valence-electron chi connectivity index (χ2n) is 2.50. The molecular formula is C8H10BrNO2. The molecule has 0 aliphatic carbocycles. The lowest BCUT2D eigenvalue weighted by Gasteiger charge is -2.10. The third kappa shape index (κ3) is 2.27. The first-order valence-corrected chi connectivity index (χ1v) is 4.39. The van der Waals surface area contributed by atoms with Crippen molar-refractivity contribution in [2.24, 2.45) is 0 Å². The van der Waals surface area contributed by atoms with E-state index in [2.05, 4.69) is 20.9 Å². The van der Waals surface area contributed by atoms with Gasteiger partial charge in [-0.2, -0.15) is 0 Å². The minimum Gasteiger partial charge on any atom is -0.396 e. The Morgan fingerprint density at radius 3 is 2.50 bits per heavy atom. The molecule has 1 rings (SSSR count). The van der Waals surface area contributed by atoms with E-state index in [4.69, 9.17) is 10.2 Å². The van der Waals surface area contributed by atoms with E-state index < -0.39 is 0 Å². The van der Waals surface area contributed by atoms with E-state index >= 15 is 0 Å². The lowest BCUT2D eigenvalue weighted by molar-refractivity contribution is 0.192. The van der Waals surface area contributed by atoms with E-state index in [9.17, 15) is 0 Å². The smallest absolute Gasteiger partial charge is 0.0522 e. The van der Waals surface area contributed by atoms with Crippen LogP contribution in [-0.2, 0) is 0 Å². The van der Waals surface area contributed by atoms with Gasteiger partial charge in [0.1, 0.15) is 0 Å². The van der Waals surface area contributed by atoms with Gasteiger partial charge < -0.3 is 10.2 Å². The number of aromatic nitrogens is 1. The third-order valence-electron chi connectivity index (χ3n) is 1.64.